The normalized spacial score (nSPS) is 10.9. The second-order valence-corrected chi connectivity index (χ2v) is 5.50. The Kier molecular flexibility index (Phi) is 3.57. The van der Waals surface area contributed by atoms with Gasteiger partial charge in [-0.05, 0) is 17.7 Å². The van der Waals surface area contributed by atoms with E-state index in [1.807, 2.05) is 19.2 Å². The Hall–Kier alpha value is -2.41. The third kappa shape index (κ3) is 2.73. The van der Waals surface area contributed by atoms with Gasteiger partial charge in [0, 0.05) is 18.4 Å². The standard InChI is InChI=1S/C14H13N5OS/c1-19-13-11(6-18-19)14(17-8-16-13)21-7-9-2-4-10(5-3-9)12(15)20/h2-6,8H,7H2,1H3,(H2,15,20). The maximum absolute atomic E-state index is 11.0. The molecule has 0 spiro atoms. The van der Waals surface area contributed by atoms with E-state index in [2.05, 4.69) is 15.1 Å². The predicted octanol–water partition coefficient (Wildman–Crippen LogP) is 1.75. The molecule has 0 atom stereocenters. The third-order valence-electron chi connectivity index (χ3n) is 3.11. The molecule has 0 aliphatic rings. The number of hydrogen-bond acceptors (Lipinski definition) is 5. The van der Waals surface area contributed by atoms with Crippen molar-refractivity contribution < 1.29 is 4.79 Å². The number of primary amides is 1. The van der Waals surface area contributed by atoms with Gasteiger partial charge in [0.05, 0.1) is 11.6 Å². The van der Waals surface area contributed by atoms with Crippen LogP contribution in [0.2, 0.25) is 0 Å². The smallest absolute Gasteiger partial charge is 0.248 e. The summed E-state index contributed by atoms with van der Waals surface area (Å²) in [5.74, 6) is 0.335. The molecule has 1 amide bonds. The molecule has 2 aromatic heterocycles. The molecule has 3 rings (SSSR count). The van der Waals surface area contributed by atoms with Crippen molar-refractivity contribution >= 4 is 28.7 Å². The lowest BCUT2D eigenvalue weighted by molar-refractivity contribution is 0.100. The van der Waals surface area contributed by atoms with Gasteiger partial charge in [-0.25, -0.2) is 9.97 Å². The Bertz CT molecular complexity index is 797. The number of amides is 1. The van der Waals surface area contributed by atoms with Crippen molar-refractivity contribution in [3.8, 4) is 0 Å². The first kappa shape index (κ1) is 13.6. The van der Waals surface area contributed by atoms with Gasteiger partial charge in [0.25, 0.3) is 0 Å². The summed E-state index contributed by atoms with van der Waals surface area (Å²) in [5.41, 5.74) is 7.65. The highest BCUT2D eigenvalue weighted by Crippen LogP contribution is 2.26. The van der Waals surface area contributed by atoms with Crippen LogP contribution in [0, 0.1) is 0 Å². The fourth-order valence-electron chi connectivity index (χ4n) is 1.97. The minimum Gasteiger partial charge on any atom is -0.366 e. The third-order valence-corrected chi connectivity index (χ3v) is 4.18. The minimum atomic E-state index is -0.415. The quantitative estimate of drug-likeness (QED) is 0.586. The first-order chi connectivity index (χ1) is 10.1. The average molecular weight is 299 g/mol. The van der Waals surface area contributed by atoms with Crippen molar-refractivity contribution in [3.63, 3.8) is 0 Å². The summed E-state index contributed by atoms with van der Waals surface area (Å²) in [6.07, 6.45) is 3.32. The van der Waals surface area contributed by atoms with Gasteiger partial charge >= 0.3 is 0 Å². The summed E-state index contributed by atoms with van der Waals surface area (Å²) in [6.45, 7) is 0. The number of thioether (sulfide) groups is 1. The highest BCUT2D eigenvalue weighted by atomic mass is 32.2. The van der Waals surface area contributed by atoms with Crippen LogP contribution >= 0.6 is 11.8 Å². The molecule has 3 aromatic rings. The molecule has 1 aromatic carbocycles. The molecule has 0 bridgehead atoms. The van der Waals surface area contributed by atoms with Crippen LogP contribution in [0.1, 0.15) is 15.9 Å². The van der Waals surface area contributed by atoms with E-state index in [1.54, 1.807) is 41.1 Å². The van der Waals surface area contributed by atoms with Gasteiger partial charge in [-0.15, -0.1) is 11.8 Å². The van der Waals surface area contributed by atoms with E-state index in [1.165, 1.54) is 0 Å². The van der Waals surface area contributed by atoms with E-state index >= 15 is 0 Å². The minimum absolute atomic E-state index is 0.415. The summed E-state index contributed by atoms with van der Waals surface area (Å²) in [6, 6.07) is 7.26. The fourth-order valence-corrected chi connectivity index (χ4v) is 2.89. The molecule has 0 saturated heterocycles. The summed E-state index contributed by atoms with van der Waals surface area (Å²) < 4.78 is 1.72. The molecule has 0 unspecified atom stereocenters. The van der Waals surface area contributed by atoms with E-state index in [0.717, 1.165) is 27.4 Å². The monoisotopic (exact) mass is 299 g/mol. The molecule has 0 radical (unpaired) electrons. The average Bonchev–Trinajstić information content (AvgIpc) is 2.88. The summed E-state index contributed by atoms with van der Waals surface area (Å²) in [7, 11) is 1.85. The first-order valence-electron chi connectivity index (χ1n) is 6.29. The van der Waals surface area contributed by atoms with E-state index in [9.17, 15) is 4.79 Å². The predicted molar refractivity (Wildman–Crippen MR) is 80.8 cm³/mol. The number of carbonyl (C=O) groups is 1. The van der Waals surface area contributed by atoms with Crippen LogP contribution in [-0.4, -0.2) is 25.7 Å². The number of aryl methyl sites for hydroxylation is 1. The molecule has 2 N–H and O–H groups in total. The van der Waals surface area contributed by atoms with Crippen LogP contribution in [0.4, 0.5) is 0 Å². The van der Waals surface area contributed by atoms with Gasteiger partial charge in [-0.1, -0.05) is 12.1 Å². The highest BCUT2D eigenvalue weighted by Gasteiger charge is 2.08. The fraction of sp³-hybridized carbons (Fsp3) is 0.143. The number of hydrogen-bond donors (Lipinski definition) is 1. The molecular formula is C14H13N5OS. The Morgan fingerprint density at radius 1 is 1.29 bits per heavy atom. The molecule has 106 valence electrons. The van der Waals surface area contributed by atoms with Crippen LogP contribution in [0.5, 0.6) is 0 Å². The lowest BCUT2D eigenvalue weighted by atomic mass is 10.1. The molecule has 0 fully saturated rings. The maximum atomic E-state index is 11.0. The van der Waals surface area contributed by atoms with Gasteiger partial charge in [-0.2, -0.15) is 5.10 Å². The highest BCUT2D eigenvalue weighted by molar-refractivity contribution is 7.98. The van der Waals surface area contributed by atoms with E-state index in [4.69, 9.17) is 5.73 Å². The zero-order valence-electron chi connectivity index (χ0n) is 11.4. The lowest BCUT2D eigenvalue weighted by Crippen LogP contribution is -2.10. The number of rotatable bonds is 4. The van der Waals surface area contributed by atoms with Gasteiger partial charge in [0.15, 0.2) is 5.65 Å². The number of carbonyl (C=O) groups excluding carboxylic acids is 1. The summed E-state index contributed by atoms with van der Waals surface area (Å²) >= 11 is 1.61. The molecule has 0 aliphatic carbocycles. The van der Waals surface area contributed by atoms with Crippen molar-refractivity contribution in [2.24, 2.45) is 12.8 Å². The van der Waals surface area contributed by atoms with E-state index in [-0.39, 0.29) is 0 Å². The molecule has 2 heterocycles. The molecule has 21 heavy (non-hydrogen) atoms. The Labute approximate surface area is 125 Å². The van der Waals surface area contributed by atoms with Crippen LogP contribution in [-0.2, 0) is 12.8 Å². The van der Waals surface area contributed by atoms with Crippen molar-refractivity contribution in [1.82, 2.24) is 19.7 Å². The number of benzene rings is 1. The SMILES string of the molecule is Cn1ncc2c(SCc3ccc(C(N)=O)cc3)ncnc21. The summed E-state index contributed by atoms with van der Waals surface area (Å²) in [5, 5.41) is 6.03. The first-order valence-corrected chi connectivity index (χ1v) is 7.28. The zero-order valence-corrected chi connectivity index (χ0v) is 12.2. The molecule has 0 saturated carbocycles. The largest absolute Gasteiger partial charge is 0.366 e. The number of nitrogens with two attached hydrogens (primary N) is 1. The van der Waals surface area contributed by atoms with Gasteiger partial charge in [0.1, 0.15) is 11.4 Å². The zero-order chi connectivity index (χ0) is 14.8. The van der Waals surface area contributed by atoms with Crippen LogP contribution in [0.3, 0.4) is 0 Å². The van der Waals surface area contributed by atoms with Crippen molar-refractivity contribution in [3.05, 3.63) is 47.9 Å². The van der Waals surface area contributed by atoms with Crippen LogP contribution in [0.25, 0.3) is 11.0 Å². The van der Waals surface area contributed by atoms with Crippen molar-refractivity contribution in [2.45, 2.75) is 10.8 Å². The van der Waals surface area contributed by atoms with Gasteiger partial charge in [0.2, 0.25) is 5.91 Å². The molecule has 7 heteroatoms. The number of aromatic nitrogens is 4. The Morgan fingerprint density at radius 3 is 2.76 bits per heavy atom. The van der Waals surface area contributed by atoms with Gasteiger partial charge < -0.3 is 5.73 Å². The van der Waals surface area contributed by atoms with Crippen LogP contribution in [0.15, 0.2) is 41.8 Å². The number of nitrogens with zero attached hydrogens (tertiary/aromatic N) is 4. The molecule has 0 aliphatic heterocycles. The molecule has 6 nitrogen and oxygen atoms in total. The van der Waals surface area contributed by atoms with E-state index < -0.39 is 5.91 Å². The molecular weight excluding hydrogens is 286 g/mol. The van der Waals surface area contributed by atoms with Crippen molar-refractivity contribution in [1.29, 1.82) is 0 Å². The van der Waals surface area contributed by atoms with E-state index in [0.29, 0.717) is 5.56 Å². The second-order valence-electron chi connectivity index (χ2n) is 4.53. The Morgan fingerprint density at radius 2 is 2.05 bits per heavy atom. The second kappa shape index (κ2) is 5.53. The van der Waals surface area contributed by atoms with Gasteiger partial charge in [-0.3, -0.25) is 9.48 Å². The Balaban J connectivity index is 1.78. The number of fused-ring (bicyclic) bond motifs is 1. The van der Waals surface area contributed by atoms with Crippen LogP contribution < -0.4 is 5.73 Å². The lowest BCUT2D eigenvalue weighted by Gasteiger charge is -2.03. The van der Waals surface area contributed by atoms with Crippen molar-refractivity contribution in [2.75, 3.05) is 0 Å². The maximum Gasteiger partial charge on any atom is 0.248 e. The summed E-state index contributed by atoms with van der Waals surface area (Å²) in [4.78, 5) is 19.5. The topological polar surface area (TPSA) is 86.7 Å².